The second kappa shape index (κ2) is 7.24. The van der Waals surface area contributed by atoms with Crippen LogP contribution >= 0.6 is 0 Å². The zero-order valence-electron chi connectivity index (χ0n) is 15.5. The normalized spacial score (nSPS) is 22.6. The Labute approximate surface area is 150 Å². The maximum atomic E-state index is 4.55. The molecule has 1 atom stereocenters. The Balaban J connectivity index is 1.41. The predicted octanol–water partition coefficient (Wildman–Crippen LogP) is 3.71. The Bertz CT molecular complexity index is 738. The van der Waals surface area contributed by atoms with Crippen LogP contribution < -0.4 is 5.32 Å². The van der Waals surface area contributed by atoms with Gasteiger partial charge >= 0.3 is 0 Å². The SMILES string of the molecule is Cc1cc(C)c2c(NCC3CCN(C4CCCCC4)C3)ncnc2n1. The van der Waals surface area contributed by atoms with Crippen LogP contribution in [-0.4, -0.2) is 45.5 Å². The molecule has 25 heavy (non-hydrogen) atoms. The van der Waals surface area contributed by atoms with Gasteiger partial charge in [0.25, 0.3) is 0 Å². The van der Waals surface area contributed by atoms with E-state index in [0.717, 1.165) is 35.1 Å². The highest BCUT2D eigenvalue weighted by atomic mass is 15.2. The molecule has 0 spiro atoms. The molecular formula is C20H29N5. The molecule has 0 radical (unpaired) electrons. The van der Waals surface area contributed by atoms with E-state index in [1.807, 2.05) is 6.92 Å². The molecule has 0 amide bonds. The molecule has 1 saturated carbocycles. The quantitative estimate of drug-likeness (QED) is 0.920. The molecule has 3 heterocycles. The Kier molecular flexibility index (Phi) is 4.84. The van der Waals surface area contributed by atoms with Crippen LogP contribution in [0.5, 0.6) is 0 Å². The van der Waals surface area contributed by atoms with Crippen molar-refractivity contribution in [2.75, 3.05) is 25.0 Å². The molecule has 1 aliphatic heterocycles. The van der Waals surface area contributed by atoms with Gasteiger partial charge in [0.15, 0.2) is 5.65 Å². The van der Waals surface area contributed by atoms with Crippen molar-refractivity contribution in [2.45, 2.75) is 58.4 Å². The van der Waals surface area contributed by atoms with E-state index in [1.165, 1.54) is 57.2 Å². The number of nitrogens with one attached hydrogen (secondary N) is 1. The van der Waals surface area contributed by atoms with Crippen molar-refractivity contribution < 1.29 is 0 Å². The molecular weight excluding hydrogens is 310 g/mol. The maximum absolute atomic E-state index is 4.55. The van der Waals surface area contributed by atoms with Gasteiger partial charge in [-0.2, -0.15) is 0 Å². The van der Waals surface area contributed by atoms with Crippen molar-refractivity contribution in [1.29, 1.82) is 0 Å². The molecule has 1 aliphatic carbocycles. The number of likely N-dealkylation sites (tertiary alicyclic amines) is 1. The lowest BCUT2D eigenvalue weighted by Gasteiger charge is -2.31. The molecule has 1 N–H and O–H groups in total. The highest BCUT2D eigenvalue weighted by Gasteiger charge is 2.29. The third kappa shape index (κ3) is 3.61. The van der Waals surface area contributed by atoms with Crippen molar-refractivity contribution in [1.82, 2.24) is 19.9 Å². The number of hydrogen-bond acceptors (Lipinski definition) is 5. The Hall–Kier alpha value is -1.75. The molecule has 2 aromatic heterocycles. The van der Waals surface area contributed by atoms with E-state index in [9.17, 15) is 0 Å². The maximum Gasteiger partial charge on any atom is 0.165 e. The Morgan fingerprint density at radius 3 is 2.80 bits per heavy atom. The van der Waals surface area contributed by atoms with Crippen LogP contribution in [0, 0.1) is 19.8 Å². The summed E-state index contributed by atoms with van der Waals surface area (Å²) >= 11 is 0. The summed E-state index contributed by atoms with van der Waals surface area (Å²) in [5, 5.41) is 4.66. The van der Waals surface area contributed by atoms with Gasteiger partial charge in [-0.15, -0.1) is 0 Å². The van der Waals surface area contributed by atoms with Crippen LogP contribution in [0.2, 0.25) is 0 Å². The minimum atomic E-state index is 0.714. The molecule has 5 nitrogen and oxygen atoms in total. The van der Waals surface area contributed by atoms with Gasteiger partial charge in [0.1, 0.15) is 12.1 Å². The van der Waals surface area contributed by atoms with E-state index in [1.54, 1.807) is 6.33 Å². The third-order valence-corrected chi connectivity index (χ3v) is 5.90. The van der Waals surface area contributed by atoms with Gasteiger partial charge in [-0.3, -0.25) is 0 Å². The summed E-state index contributed by atoms with van der Waals surface area (Å²) in [5.41, 5.74) is 3.00. The fraction of sp³-hybridized carbons (Fsp3) is 0.650. The summed E-state index contributed by atoms with van der Waals surface area (Å²) < 4.78 is 0. The van der Waals surface area contributed by atoms with Crippen LogP contribution in [0.3, 0.4) is 0 Å². The van der Waals surface area contributed by atoms with Crippen molar-refractivity contribution in [3.8, 4) is 0 Å². The number of aromatic nitrogens is 3. The van der Waals surface area contributed by atoms with Gasteiger partial charge in [-0.25, -0.2) is 15.0 Å². The lowest BCUT2D eigenvalue weighted by molar-refractivity contribution is 0.186. The fourth-order valence-corrected chi connectivity index (χ4v) is 4.59. The summed E-state index contributed by atoms with van der Waals surface area (Å²) in [6.45, 7) is 7.62. The number of rotatable bonds is 4. The Morgan fingerprint density at radius 2 is 1.96 bits per heavy atom. The number of fused-ring (bicyclic) bond motifs is 1. The highest BCUT2D eigenvalue weighted by Crippen LogP contribution is 2.28. The van der Waals surface area contributed by atoms with Gasteiger partial charge < -0.3 is 10.2 Å². The van der Waals surface area contributed by atoms with Crippen molar-refractivity contribution >= 4 is 16.9 Å². The van der Waals surface area contributed by atoms with Crippen LogP contribution in [0.1, 0.15) is 49.8 Å². The number of pyridine rings is 1. The molecule has 2 aliphatic rings. The van der Waals surface area contributed by atoms with Crippen molar-refractivity contribution in [3.63, 3.8) is 0 Å². The van der Waals surface area contributed by atoms with Gasteiger partial charge in [0.05, 0.1) is 5.39 Å². The average Bonchev–Trinajstić information content (AvgIpc) is 3.09. The van der Waals surface area contributed by atoms with Crippen molar-refractivity contribution in [3.05, 3.63) is 23.7 Å². The lowest BCUT2D eigenvalue weighted by atomic mass is 9.94. The fourth-order valence-electron chi connectivity index (χ4n) is 4.59. The van der Waals surface area contributed by atoms with E-state index in [0.29, 0.717) is 5.92 Å². The molecule has 2 fully saturated rings. The summed E-state index contributed by atoms with van der Waals surface area (Å²) in [6, 6.07) is 2.95. The van der Waals surface area contributed by atoms with Crippen LogP contribution in [0.25, 0.3) is 11.0 Å². The summed E-state index contributed by atoms with van der Waals surface area (Å²) in [6.07, 6.45) is 10.00. The minimum Gasteiger partial charge on any atom is -0.369 e. The van der Waals surface area contributed by atoms with Crippen LogP contribution in [-0.2, 0) is 0 Å². The molecule has 1 saturated heterocycles. The van der Waals surface area contributed by atoms with Gasteiger partial charge in [0.2, 0.25) is 0 Å². The van der Waals surface area contributed by atoms with Crippen molar-refractivity contribution in [2.24, 2.45) is 5.92 Å². The second-order valence-corrected chi connectivity index (χ2v) is 7.82. The standard InChI is InChI=1S/C20H29N5/c1-14-10-15(2)24-20-18(14)19(22-13-23-20)21-11-16-8-9-25(12-16)17-6-4-3-5-7-17/h10,13,16-17H,3-9,11-12H2,1-2H3,(H,21,22,23,24). The van der Waals surface area contributed by atoms with E-state index >= 15 is 0 Å². The van der Waals surface area contributed by atoms with E-state index in [-0.39, 0.29) is 0 Å². The first-order chi connectivity index (χ1) is 12.2. The van der Waals surface area contributed by atoms with Gasteiger partial charge in [-0.05, 0) is 57.2 Å². The number of anilines is 1. The van der Waals surface area contributed by atoms with Gasteiger partial charge in [-0.1, -0.05) is 19.3 Å². The zero-order chi connectivity index (χ0) is 17.2. The summed E-state index contributed by atoms with van der Waals surface area (Å²) in [4.78, 5) is 16.1. The minimum absolute atomic E-state index is 0.714. The molecule has 0 aromatic carbocycles. The molecule has 4 rings (SSSR count). The number of aryl methyl sites for hydroxylation is 2. The number of hydrogen-bond donors (Lipinski definition) is 1. The largest absolute Gasteiger partial charge is 0.369 e. The van der Waals surface area contributed by atoms with Crippen LogP contribution in [0.15, 0.2) is 12.4 Å². The monoisotopic (exact) mass is 339 g/mol. The molecule has 5 heteroatoms. The third-order valence-electron chi connectivity index (χ3n) is 5.90. The highest BCUT2D eigenvalue weighted by molar-refractivity contribution is 5.89. The summed E-state index contributed by atoms with van der Waals surface area (Å²) in [7, 11) is 0. The van der Waals surface area contributed by atoms with E-state index in [2.05, 4.69) is 38.2 Å². The smallest absolute Gasteiger partial charge is 0.165 e. The summed E-state index contributed by atoms with van der Waals surface area (Å²) in [5.74, 6) is 1.65. The average molecular weight is 339 g/mol. The second-order valence-electron chi connectivity index (χ2n) is 7.82. The van der Waals surface area contributed by atoms with Crippen LogP contribution in [0.4, 0.5) is 5.82 Å². The molecule has 2 aromatic rings. The topological polar surface area (TPSA) is 53.9 Å². The first-order valence-electron chi connectivity index (χ1n) is 9.77. The van der Waals surface area contributed by atoms with Gasteiger partial charge in [0, 0.05) is 24.8 Å². The zero-order valence-corrected chi connectivity index (χ0v) is 15.5. The first-order valence-corrected chi connectivity index (χ1v) is 9.77. The lowest BCUT2D eigenvalue weighted by Crippen LogP contribution is -2.35. The Morgan fingerprint density at radius 1 is 1.12 bits per heavy atom. The molecule has 1 unspecified atom stereocenters. The van der Waals surface area contributed by atoms with E-state index < -0.39 is 0 Å². The van der Waals surface area contributed by atoms with E-state index in [4.69, 9.17) is 0 Å². The first kappa shape index (κ1) is 16.7. The number of nitrogens with zero attached hydrogens (tertiary/aromatic N) is 4. The molecule has 134 valence electrons. The predicted molar refractivity (Wildman–Crippen MR) is 102 cm³/mol. The molecule has 0 bridgehead atoms.